The molecule has 8 nitrogen and oxygen atoms in total. The van der Waals surface area contributed by atoms with E-state index in [4.69, 9.17) is 10.5 Å². The number of carbonyl (C=O) groups excluding carboxylic acids is 1. The van der Waals surface area contributed by atoms with Crippen molar-refractivity contribution in [3.63, 3.8) is 0 Å². The van der Waals surface area contributed by atoms with Crippen LogP contribution >= 0.6 is 0 Å². The predicted octanol–water partition coefficient (Wildman–Crippen LogP) is 1.01. The number of hydrogen-bond donors (Lipinski definition) is 1. The summed E-state index contributed by atoms with van der Waals surface area (Å²) < 4.78 is 6.95. The Morgan fingerprint density at radius 3 is 2.62 bits per heavy atom. The van der Waals surface area contributed by atoms with Crippen LogP contribution in [0, 0.1) is 20.8 Å². The van der Waals surface area contributed by atoms with Gasteiger partial charge in [0.05, 0.1) is 12.3 Å². The maximum absolute atomic E-state index is 12.9. The summed E-state index contributed by atoms with van der Waals surface area (Å²) >= 11 is 0. The van der Waals surface area contributed by atoms with Crippen molar-refractivity contribution < 1.29 is 9.53 Å². The van der Waals surface area contributed by atoms with E-state index in [1.165, 1.54) is 6.20 Å². The van der Waals surface area contributed by atoms with Gasteiger partial charge < -0.3 is 15.4 Å². The lowest BCUT2D eigenvalue weighted by Crippen LogP contribution is -2.34. The molecule has 0 aromatic carbocycles. The average molecular weight is 332 g/mol. The number of carbonyl (C=O) groups is 1. The number of rotatable bonds is 6. The summed E-state index contributed by atoms with van der Waals surface area (Å²) in [5.74, 6) is 0.508. The van der Waals surface area contributed by atoms with Crippen molar-refractivity contribution in [1.29, 1.82) is 0 Å². The largest absolute Gasteiger partial charge is 0.383 e. The second-order valence-corrected chi connectivity index (χ2v) is 5.71. The number of aryl methyl sites for hydroxylation is 3. The lowest BCUT2D eigenvalue weighted by atomic mass is 10.1. The molecule has 0 fully saturated rings. The molecule has 0 aliphatic rings. The Kier molecular flexibility index (Phi) is 5.50. The van der Waals surface area contributed by atoms with Gasteiger partial charge in [-0.05, 0) is 20.8 Å². The number of amides is 1. The minimum Gasteiger partial charge on any atom is -0.383 e. The molecule has 130 valence electrons. The van der Waals surface area contributed by atoms with Gasteiger partial charge in [-0.2, -0.15) is 5.10 Å². The Bertz CT molecular complexity index is 740. The van der Waals surface area contributed by atoms with Crippen LogP contribution < -0.4 is 5.73 Å². The van der Waals surface area contributed by atoms with Crippen molar-refractivity contribution >= 4 is 11.7 Å². The summed E-state index contributed by atoms with van der Waals surface area (Å²) in [4.78, 5) is 22.7. The molecule has 0 unspecified atom stereocenters. The van der Waals surface area contributed by atoms with Crippen molar-refractivity contribution in [1.82, 2.24) is 24.6 Å². The quantitative estimate of drug-likeness (QED) is 0.847. The summed E-state index contributed by atoms with van der Waals surface area (Å²) in [5.41, 5.74) is 9.15. The van der Waals surface area contributed by atoms with E-state index < -0.39 is 0 Å². The topological polar surface area (TPSA) is 99.2 Å². The van der Waals surface area contributed by atoms with Crippen LogP contribution in [-0.2, 0) is 18.3 Å². The summed E-state index contributed by atoms with van der Waals surface area (Å²) in [7, 11) is 3.49. The fraction of sp³-hybridized carbons (Fsp3) is 0.500. The number of nitrogens with zero attached hydrogens (tertiary/aromatic N) is 5. The molecule has 0 spiro atoms. The van der Waals surface area contributed by atoms with Gasteiger partial charge in [0.15, 0.2) is 0 Å². The highest BCUT2D eigenvalue weighted by atomic mass is 16.5. The third-order valence-corrected chi connectivity index (χ3v) is 4.03. The molecule has 0 atom stereocenters. The standard InChI is InChI=1S/C16H24N6O2/c1-10-14(11(2)21(4)20-10)9-22(6-7-24-5)16(23)13-8-18-12(3)19-15(13)17/h8H,6-7,9H2,1-5H3,(H2,17,18,19). The van der Waals surface area contributed by atoms with Gasteiger partial charge >= 0.3 is 0 Å². The Morgan fingerprint density at radius 1 is 1.38 bits per heavy atom. The van der Waals surface area contributed by atoms with Gasteiger partial charge in [0.2, 0.25) is 0 Å². The van der Waals surface area contributed by atoms with Crippen LogP contribution in [0.25, 0.3) is 0 Å². The normalized spacial score (nSPS) is 10.9. The first-order valence-corrected chi connectivity index (χ1v) is 7.71. The molecule has 0 aliphatic heterocycles. The van der Waals surface area contributed by atoms with Gasteiger partial charge in [-0.25, -0.2) is 9.97 Å². The molecule has 0 saturated carbocycles. The van der Waals surface area contributed by atoms with Gasteiger partial charge in [0.25, 0.3) is 5.91 Å². The SMILES string of the molecule is COCCN(Cc1c(C)nn(C)c1C)C(=O)c1cnc(C)nc1N. The highest BCUT2D eigenvalue weighted by molar-refractivity contribution is 5.98. The average Bonchev–Trinajstić information content (AvgIpc) is 2.76. The van der Waals surface area contributed by atoms with E-state index in [1.54, 1.807) is 18.9 Å². The number of ether oxygens (including phenoxy) is 1. The molecule has 2 heterocycles. The summed E-state index contributed by atoms with van der Waals surface area (Å²) in [6.07, 6.45) is 1.47. The second kappa shape index (κ2) is 7.39. The second-order valence-electron chi connectivity index (χ2n) is 5.71. The lowest BCUT2D eigenvalue weighted by Gasteiger charge is -2.23. The smallest absolute Gasteiger partial charge is 0.259 e. The van der Waals surface area contributed by atoms with E-state index in [2.05, 4.69) is 15.1 Å². The predicted molar refractivity (Wildman–Crippen MR) is 90.5 cm³/mol. The minimum absolute atomic E-state index is 0.189. The zero-order chi connectivity index (χ0) is 17.9. The van der Waals surface area contributed by atoms with E-state index in [-0.39, 0.29) is 11.7 Å². The molecule has 2 aromatic heterocycles. The van der Waals surface area contributed by atoms with Gasteiger partial charge in [-0.3, -0.25) is 9.48 Å². The van der Waals surface area contributed by atoms with Crippen LogP contribution in [0.15, 0.2) is 6.20 Å². The third-order valence-electron chi connectivity index (χ3n) is 4.03. The molecular weight excluding hydrogens is 308 g/mol. The maximum Gasteiger partial charge on any atom is 0.259 e. The van der Waals surface area contributed by atoms with Crippen LogP contribution in [0.4, 0.5) is 5.82 Å². The van der Waals surface area contributed by atoms with Crippen molar-refractivity contribution in [2.75, 3.05) is 26.0 Å². The van der Waals surface area contributed by atoms with E-state index >= 15 is 0 Å². The Hall–Kier alpha value is -2.48. The Morgan fingerprint density at radius 2 is 2.08 bits per heavy atom. The fourth-order valence-electron chi connectivity index (χ4n) is 2.51. The molecule has 0 bridgehead atoms. The van der Waals surface area contributed by atoms with E-state index in [9.17, 15) is 4.79 Å². The summed E-state index contributed by atoms with van der Waals surface area (Å²) in [5, 5.41) is 4.40. The molecule has 0 saturated heterocycles. The lowest BCUT2D eigenvalue weighted by molar-refractivity contribution is 0.0680. The van der Waals surface area contributed by atoms with E-state index in [0.29, 0.717) is 31.1 Å². The molecule has 2 N–H and O–H groups in total. The van der Waals surface area contributed by atoms with Crippen LogP contribution in [0.1, 0.15) is 33.1 Å². The van der Waals surface area contributed by atoms with E-state index in [1.807, 2.05) is 25.6 Å². The molecule has 1 amide bonds. The fourth-order valence-corrected chi connectivity index (χ4v) is 2.51. The molecule has 2 aromatic rings. The molecular formula is C16H24N6O2. The highest BCUT2D eigenvalue weighted by Crippen LogP contribution is 2.18. The number of nitrogen functional groups attached to an aromatic ring is 1. The van der Waals surface area contributed by atoms with Crippen molar-refractivity contribution in [3.8, 4) is 0 Å². The van der Waals surface area contributed by atoms with Crippen LogP contribution in [0.3, 0.4) is 0 Å². The van der Waals surface area contributed by atoms with Crippen molar-refractivity contribution in [2.45, 2.75) is 27.3 Å². The molecule has 2 rings (SSSR count). The van der Waals surface area contributed by atoms with Gasteiger partial charge in [-0.15, -0.1) is 0 Å². The Balaban J connectivity index is 2.32. The number of nitrogens with two attached hydrogens (primary N) is 1. The number of anilines is 1. The Labute approximate surface area is 141 Å². The maximum atomic E-state index is 12.9. The number of methoxy groups -OCH3 is 1. The first-order valence-electron chi connectivity index (χ1n) is 7.71. The summed E-state index contributed by atoms with van der Waals surface area (Å²) in [6, 6.07) is 0. The van der Waals surface area contributed by atoms with Crippen LogP contribution in [0.2, 0.25) is 0 Å². The number of aromatic nitrogens is 4. The number of hydrogen-bond acceptors (Lipinski definition) is 6. The van der Waals surface area contributed by atoms with Crippen LogP contribution in [-0.4, -0.2) is 50.8 Å². The minimum atomic E-state index is -0.216. The monoisotopic (exact) mass is 332 g/mol. The summed E-state index contributed by atoms with van der Waals surface area (Å²) in [6.45, 7) is 6.95. The first kappa shape index (κ1) is 17.9. The van der Waals surface area contributed by atoms with Gasteiger partial charge in [-0.1, -0.05) is 0 Å². The zero-order valence-electron chi connectivity index (χ0n) is 14.8. The van der Waals surface area contributed by atoms with Crippen molar-refractivity contribution in [3.05, 3.63) is 34.5 Å². The van der Waals surface area contributed by atoms with Gasteiger partial charge in [0.1, 0.15) is 17.2 Å². The molecule has 8 heteroatoms. The molecule has 24 heavy (non-hydrogen) atoms. The third kappa shape index (κ3) is 3.70. The molecule has 0 radical (unpaired) electrons. The van der Waals surface area contributed by atoms with Gasteiger partial charge in [0, 0.05) is 44.7 Å². The highest BCUT2D eigenvalue weighted by Gasteiger charge is 2.22. The zero-order valence-corrected chi connectivity index (χ0v) is 14.8. The van der Waals surface area contributed by atoms with Crippen molar-refractivity contribution in [2.24, 2.45) is 7.05 Å². The van der Waals surface area contributed by atoms with Crippen LogP contribution in [0.5, 0.6) is 0 Å². The molecule has 0 aliphatic carbocycles. The van der Waals surface area contributed by atoms with E-state index in [0.717, 1.165) is 17.0 Å². The first-order chi connectivity index (χ1) is 11.3.